The second kappa shape index (κ2) is 5.06. The van der Waals surface area contributed by atoms with Crippen LogP contribution in [0.3, 0.4) is 0 Å². The van der Waals surface area contributed by atoms with Crippen LogP contribution in [0.5, 0.6) is 0 Å². The molecule has 1 saturated heterocycles. The van der Waals surface area contributed by atoms with Crippen LogP contribution in [0.25, 0.3) is 0 Å². The second-order valence-electron chi connectivity index (χ2n) is 6.14. The standard InChI is InChI=1S/C15H26N4/c1-3-9-19-15(14(16)11(2)17-19)18-10-8-12-6-4-5-7-13(12)18/h12-13H,3-10,16H2,1-2H3. The van der Waals surface area contributed by atoms with Crippen LogP contribution in [-0.2, 0) is 6.54 Å². The van der Waals surface area contributed by atoms with Crippen molar-refractivity contribution in [3.8, 4) is 0 Å². The van der Waals surface area contributed by atoms with Crippen molar-refractivity contribution in [1.29, 1.82) is 0 Å². The average Bonchev–Trinajstić information content (AvgIpc) is 2.93. The highest BCUT2D eigenvalue weighted by Gasteiger charge is 2.38. The molecule has 0 aromatic carbocycles. The van der Waals surface area contributed by atoms with Crippen LogP contribution in [0.15, 0.2) is 0 Å². The summed E-state index contributed by atoms with van der Waals surface area (Å²) in [6.45, 7) is 6.36. The van der Waals surface area contributed by atoms with E-state index < -0.39 is 0 Å². The molecule has 0 radical (unpaired) electrons. The number of fused-ring (bicyclic) bond motifs is 1. The average molecular weight is 262 g/mol. The summed E-state index contributed by atoms with van der Waals surface area (Å²) < 4.78 is 2.14. The van der Waals surface area contributed by atoms with Gasteiger partial charge in [-0.15, -0.1) is 0 Å². The van der Waals surface area contributed by atoms with Gasteiger partial charge in [-0.1, -0.05) is 19.8 Å². The Kier molecular flexibility index (Phi) is 3.42. The molecule has 2 N–H and O–H groups in total. The van der Waals surface area contributed by atoms with E-state index >= 15 is 0 Å². The molecule has 0 bridgehead atoms. The van der Waals surface area contributed by atoms with Gasteiger partial charge in [0, 0.05) is 19.1 Å². The zero-order valence-corrected chi connectivity index (χ0v) is 12.2. The summed E-state index contributed by atoms with van der Waals surface area (Å²) in [5.41, 5.74) is 8.20. The second-order valence-corrected chi connectivity index (χ2v) is 6.14. The van der Waals surface area contributed by atoms with Gasteiger partial charge in [0.05, 0.1) is 11.4 Å². The Labute approximate surface area is 116 Å². The summed E-state index contributed by atoms with van der Waals surface area (Å²) in [6.07, 6.45) is 7.97. The molecule has 19 heavy (non-hydrogen) atoms. The maximum Gasteiger partial charge on any atom is 0.150 e. The summed E-state index contributed by atoms with van der Waals surface area (Å²) in [4.78, 5) is 2.56. The molecule has 2 heterocycles. The molecule has 1 aromatic rings. The van der Waals surface area contributed by atoms with Crippen molar-refractivity contribution in [3.63, 3.8) is 0 Å². The first-order valence-corrected chi connectivity index (χ1v) is 7.82. The van der Waals surface area contributed by atoms with E-state index in [1.54, 1.807) is 0 Å². The molecule has 0 amide bonds. The zero-order chi connectivity index (χ0) is 13.4. The monoisotopic (exact) mass is 262 g/mol. The minimum Gasteiger partial charge on any atom is -0.394 e. The molecule has 1 aromatic heterocycles. The predicted molar refractivity (Wildman–Crippen MR) is 79.4 cm³/mol. The van der Waals surface area contributed by atoms with Crippen LogP contribution in [0.1, 0.15) is 51.1 Å². The molecule has 0 spiro atoms. The summed E-state index contributed by atoms with van der Waals surface area (Å²) in [6, 6.07) is 0.711. The van der Waals surface area contributed by atoms with Gasteiger partial charge < -0.3 is 10.6 Å². The Morgan fingerprint density at radius 3 is 2.84 bits per heavy atom. The lowest BCUT2D eigenvalue weighted by atomic mass is 9.85. The van der Waals surface area contributed by atoms with Crippen LogP contribution in [0.2, 0.25) is 0 Å². The van der Waals surface area contributed by atoms with Crippen molar-refractivity contribution >= 4 is 11.5 Å². The van der Waals surface area contributed by atoms with E-state index in [0.29, 0.717) is 6.04 Å². The van der Waals surface area contributed by atoms with E-state index in [-0.39, 0.29) is 0 Å². The van der Waals surface area contributed by atoms with Gasteiger partial charge in [0.2, 0.25) is 0 Å². The molecule has 2 fully saturated rings. The fourth-order valence-electron chi connectivity index (χ4n) is 3.92. The van der Waals surface area contributed by atoms with Gasteiger partial charge in [0.1, 0.15) is 0 Å². The number of anilines is 2. The molecule has 1 saturated carbocycles. The van der Waals surface area contributed by atoms with Crippen molar-refractivity contribution in [1.82, 2.24) is 9.78 Å². The summed E-state index contributed by atoms with van der Waals surface area (Å²) in [5.74, 6) is 2.09. The minimum atomic E-state index is 0.711. The minimum absolute atomic E-state index is 0.711. The number of aromatic nitrogens is 2. The molecule has 2 unspecified atom stereocenters. The lowest BCUT2D eigenvalue weighted by Crippen LogP contribution is -2.36. The summed E-state index contributed by atoms with van der Waals surface area (Å²) >= 11 is 0. The van der Waals surface area contributed by atoms with E-state index in [9.17, 15) is 0 Å². The van der Waals surface area contributed by atoms with E-state index in [1.165, 1.54) is 37.9 Å². The third-order valence-corrected chi connectivity index (χ3v) is 4.86. The SMILES string of the molecule is CCCn1nc(C)c(N)c1N1CCC2CCCCC21. The molecule has 2 aliphatic rings. The van der Waals surface area contributed by atoms with Gasteiger partial charge in [0.25, 0.3) is 0 Å². The quantitative estimate of drug-likeness (QED) is 0.911. The molecule has 3 rings (SSSR count). The molecule has 4 heteroatoms. The lowest BCUT2D eigenvalue weighted by Gasteiger charge is -2.33. The predicted octanol–water partition coefficient (Wildman–Crippen LogP) is 2.95. The third kappa shape index (κ3) is 2.11. The fraction of sp³-hybridized carbons (Fsp3) is 0.800. The van der Waals surface area contributed by atoms with E-state index in [0.717, 1.165) is 36.8 Å². The third-order valence-electron chi connectivity index (χ3n) is 4.86. The Balaban J connectivity index is 1.93. The molecular weight excluding hydrogens is 236 g/mol. The van der Waals surface area contributed by atoms with Gasteiger partial charge in [-0.05, 0) is 38.5 Å². The van der Waals surface area contributed by atoms with Crippen LogP contribution in [0, 0.1) is 12.8 Å². The van der Waals surface area contributed by atoms with Crippen LogP contribution in [0.4, 0.5) is 11.5 Å². The lowest BCUT2D eigenvalue weighted by molar-refractivity contribution is 0.340. The molecular formula is C15H26N4. The Hall–Kier alpha value is -1.19. The fourth-order valence-corrected chi connectivity index (χ4v) is 3.92. The highest BCUT2D eigenvalue weighted by Crippen LogP contribution is 2.41. The number of rotatable bonds is 3. The summed E-state index contributed by atoms with van der Waals surface area (Å²) in [7, 11) is 0. The molecule has 2 atom stereocenters. The first-order chi connectivity index (χ1) is 9.22. The van der Waals surface area contributed by atoms with Gasteiger partial charge >= 0.3 is 0 Å². The number of hydrogen-bond donors (Lipinski definition) is 1. The number of nitrogen functional groups attached to an aromatic ring is 1. The first-order valence-electron chi connectivity index (χ1n) is 7.82. The molecule has 4 nitrogen and oxygen atoms in total. The Morgan fingerprint density at radius 1 is 1.26 bits per heavy atom. The van der Waals surface area contributed by atoms with Gasteiger partial charge in [-0.25, -0.2) is 4.68 Å². The number of nitrogens with two attached hydrogens (primary N) is 1. The Bertz CT molecular complexity index is 451. The highest BCUT2D eigenvalue weighted by molar-refractivity contribution is 5.67. The van der Waals surface area contributed by atoms with Crippen LogP contribution < -0.4 is 10.6 Å². The molecule has 1 aliphatic heterocycles. The zero-order valence-electron chi connectivity index (χ0n) is 12.2. The van der Waals surface area contributed by atoms with Crippen LogP contribution >= 0.6 is 0 Å². The number of nitrogens with zero attached hydrogens (tertiary/aromatic N) is 3. The number of aryl methyl sites for hydroxylation is 2. The normalized spacial score (nSPS) is 26.7. The van der Waals surface area contributed by atoms with Crippen molar-refractivity contribution in [2.45, 2.75) is 65.0 Å². The van der Waals surface area contributed by atoms with Gasteiger partial charge in [-0.2, -0.15) is 5.10 Å². The molecule has 106 valence electrons. The van der Waals surface area contributed by atoms with Crippen molar-refractivity contribution in [3.05, 3.63) is 5.69 Å². The van der Waals surface area contributed by atoms with E-state index in [1.807, 2.05) is 6.92 Å². The smallest absolute Gasteiger partial charge is 0.150 e. The van der Waals surface area contributed by atoms with Crippen molar-refractivity contribution in [2.75, 3.05) is 17.2 Å². The topological polar surface area (TPSA) is 47.1 Å². The maximum absolute atomic E-state index is 6.31. The van der Waals surface area contributed by atoms with Crippen molar-refractivity contribution in [2.24, 2.45) is 5.92 Å². The van der Waals surface area contributed by atoms with Crippen LogP contribution in [-0.4, -0.2) is 22.4 Å². The van der Waals surface area contributed by atoms with Crippen molar-refractivity contribution < 1.29 is 0 Å². The van der Waals surface area contributed by atoms with E-state index in [4.69, 9.17) is 5.73 Å². The largest absolute Gasteiger partial charge is 0.394 e. The highest BCUT2D eigenvalue weighted by atomic mass is 15.4. The molecule has 1 aliphatic carbocycles. The van der Waals surface area contributed by atoms with Gasteiger partial charge in [-0.3, -0.25) is 0 Å². The summed E-state index contributed by atoms with van der Waals surface area (Å²) in [5, 5.41) is 4.63. The first kappa shape index (κ1) is 12.8. The Morgan fingerprint density at radius 2 is 2.05 bits per heavy atom. The van der Waals surface area contributed by atoms with E-state index in [2.05, 4.69) is 21.6 Å². The maximum atomic E-state index is 6.31. The number of hydrogen-bond acceptors (Lipinski definition) is 3. The van der Waals surface area contributed by atoms with Gasteiger partial charge in [0.15, 0.2) is 5.82 Å².